The molecule has 1 aromatic heterocycles. The fourth-order valence-corrected chi connectivity index (χ4v) is 4.84. The monoisotopic (exact) mass is 469 g/mol. The highest BCUT2D eigenvalue weighted by Gasteiger charge is 2.27. The van der Waals surface area contributed by atoms with E-state index in [1.54, 1.807) is 11.1 Å². The summed E-state index contributed by atoms with van der Waals surface area (Å²) in [5.74, 6) is -1.42. The lowest BCUT2D eigenvalue weighted by Crippen LogP contribution is -2.39. The van der Waals surface area contributed by atoms with Crippen LogP contribution in [0.2, 0.25) is 0 Å². The van der Waals surface area contributed by atoms with Crippen molar-refractivity contribution in [3.8, 4) is 0 Å². The molecule has 2 amide bonds. The van der Waals surface area contributed by atoms with Crippen molar-refractivity contribution < 1.29 is 27.1 Å². The van der Waals surface area contributed by atoms with E-state index in [-0.39, 0.29) is 28.6 Å². The van der Waals surface area contributed by atoms with Gasteiger partial charge in [-0.1, -0.05) is 0 Å². The Labute approximate surface area is 184 Å². The molecule has 1 aliphatic heterocycles. The molecule has 0 spiro atoms. The Hall–Kier alpha value is -2.53. The molecule has 31 heavy (non-hydrogen) atoms. The second-order valence-corrected chi connectivity index (χ2v) is 10.7. The smallest absolute Gasteiger partial charge is 0.410 e. The van der Waals surface area contributed by atoms with Crippen LogP contribution in [0.4, 0.5) is 14.3 Å². The maximum atomic E-state index is 14.2. The third-order valence-corrected chi connectivity index (χ3v) is 7.03. The van der Waals surface area contributed by atoms with Crippen molar-refractivity contribution in [2.75, 3.05) is 24.7 Å². The van der Waals surface area contributed by atoms with Crippen LogP contribution in [0.1, 0.15) is 47.8 Å². The number of ether oxygens (including phenoxy) is 1. The van der Waals surface area contributed by atoms with Gasteiger partial charge in [0.05, 0.1) is 16.6 Å². The zero-order valence-electron chi connectivity index (χ0n) is 17.4. The molecule has 0 aliphatic carbocycles. The largest absolute Gasteiger partial charge is 0.447 e. The SMILES string of the molecule is CC(C)OC(=O)N1CCC(c2cnc(NC(=O)c3ccc(S(C)(=O)=O)cc3F)s2)CC1. The molecule has 2 aromatic rings. The molecule has 0 atom stereocenters. The summed E-state index contributed by atoms with van der Waals surface area (Å²) in [5.41, 5.74) is -0.263. The highest BCUT2D eigenvalue weighted by Crippen LogP contribution is 2.34. The van der Waals surface area contributed by atoms with Gasteiger partial charge in [-0.2, -0.15) is 0 Å². The maximum absolute atomic E-state index is 14.2. The number of anilines is 1. The van der Waals surface area contributed by atoms with Gasteiger partial charge in [-0.3, -0.25) is 10.1 Å². The van der Waals surface area contributed by atoms with Crippen molar-refractivity contribution in [1.82, 2.24) is 9.88 Å². The summed E-state index contributed by atoms with van der Waals surface area (Å²) in [7, 11) is -3.57. The minimum Gasteiger partial charge on any atom is -0.447 e. The van der Waals surface area contributed by atoms with Gasteiger partial charge in [-0.15, -0.1) is 11.3 Å². The van der Waals surface area contributed by atoms with Gasteiger partial charge in [0.1, 0.15) is 5.82 Å². The predicted octanol–water partition coefficient (Wildman–Crippen LogP) is 3.66. The lowest BCUT2D eigenvalue weighted by atomic mass is 9.96. The Morgan fingerprint density at radius 2 is 1.97 bits per heavy atom. The number of carbonyl (C=O) groups is 2. The molecule has 0 radical (unpaired) electrons. The van der Waals surface area contributed by atoms with Gasteiger partial charge in [0.25, 0.3) is 5.91 Å². The van der Waals surface area contributed by atoms with Crippen molar-refractivity contribution in [3.63, 3.8) is 0 Å². The fourth-order valence-electron chi connectivity index (χ4n) is 3.23. The lowest BCUT2D eigenvalue weighted by molar-refractivity contribution is 0.0693. The number of likely N-dealkylation sites (tertiary alicyclic amines) is 1. The quantitative estimate of drug-likeness (QED) is 0.716. The maximum Gasteiger partial charge on any atom is 0.410 e. The number of benzene rings is 1. The van der Waals surface area contributed by atoms with Crippen molar-refractivity contribution in [2.45, 2.75) is 43.6 Å². The van der Waals surface area contributed by atoms with Crippen LogP contribution < -0.4 is 5.32 Å². The van der Waals surface area contributed by atoms with E-state index >= 15 is 0 Å². The molecule has 0 unspecified atom stereocenters. The Morgan fingerprint density at radius 3 is 2.55 bits per heavy atom. The van der Waals surface area contributed by atoms with Crippen LogP contribution >= 0.6 is 11.3 Å². The third kappa shape index (κ3) is 5.79. The number of sulfone groups is 1. The first-order valence-corrected chi connectivity index (χ1v) is 12.5. The standard InChI is InChI=1S/C20H24FN3O5S2/c1-12(2)29-20(26)24-8-6-13(7-9-24)17-11-22-19(30-17)23-18(25)15-5-4-14(10-16(15)21)31(3,27)28/h4-5,10-13H,6-9H2,1-3H3,(H,22,23,25). The van der Waals surface area contributed by atoms with E-state index in [2.05, 4.69) is 10.3 Å². The number of amides is 2. The number of hydrogen-bond donors (Lipinski definition) is 1. The average molecular weight is 470 g/mol. The average Bonchev–Trinajstić information content (AvgIpc) is 3.15. The fraction of sp³-hybridized carbons (Fsp3) is 0.450. The van der Waals surface area contributed by atoms with Crippen molar-refractivity contribution in [2.24, 2.45) is 0 Å². The Balaban J connectivity index is 1.61. The molecular weight excluding hydrogens is 445 g/mol. The number of rotatable bonds is 5. The van der Waals surface area contributed by atoms with Gasteiger partial charge in [-0.05, 0) is 50.8 Å². The number of nitrogens with one attached hydrogen (secondary N) is 1. The normalized spacial score (nSPS) is 15.2. The van der Waals surface area contributed by atoms with Crippen LogP contribution in [-0.4, -0.2) is 55.8 Å². The van der Waals surface area contributed by atoms with Crippen LogP contribution in [0.3, 0.4) is 0 Å². The molecule has 0 bridgehead atoms. The van der Waals surface area contributed by atoms with E-state index < -0.39 is 21.6 Å². The molecule has 1 aromatic carbocycles. The van der Waals surface area contributed by atoms with E-state index in [1.807, 2.05) is 13.8 Å². The zero-order valence-corrected chi connectivity index (χ0v) is 19.1. The number of halogens is 1. The van der Waals surface area contributed by atoms with Gasteiger partial charge in [0.15, 0.2) is 15.0 Å². The molecule has 0 saturated carbocycles. The van der Waals surface area contributed by atoms with Crippen LogP contribution in [0.5, 0.6) is 0 Å². The first kappa shape index (κ1) is 23.1. The summed E-state index contributed by atoms with van der Waals surface area (Å²) < 4.78 is 42.5. The summed E-state index contributed by atoms with van der Waals surface area (Å²) in [6.07, 6.45) is 3.68. The second-order valence-electron chi connectivity index (χ2n) is 7.63. The van der Waals surface area contributed by atoms with E-state index in [0.29, 0.717) is 18.2 Å². The van der Waals surface area contributed by atoms with Crippen LogP contribution in [0, 0.1) is 5.82 Å². The number of aromatic nitrogens is 1. The van der Waals surface area contributed by atoms with Crippen LogP contribution in [0.15, 0.2) is 29.3 Å². The van der Waals surface area contributed by atoms with Gasteiger partial charge in [0, 0.05) is 30.4 Å². The summed E-state index contributed by atoms with van der Waals surface area (Å²) >= 11 is 1.30. The van der Waals surface area contributed by atoms with Crippen LogP contribution in [0.25, 0.3) is 0 Å². The minimum absolute atomic E-state index is 0.162. The molecule has 1 saturated heterocycles. The van der Waals surface area contributed by atoms with E-state index in [0.717, 1.165) is 36.1 Å². The Morgan fingerprint density at radius 1 is 1.29 bits per heavy atom. The second kappa shape index (κ2) is 9.31. The Kier molecular flexibility index (Phi) is 6.95. The first-order chi connectivity index (χ1) is 14.5. The highest BCUT2D eigenvalue weighted by molar-refractivity contribution is 7.90. The number of nitrogens with zero attached hydrogens (tertiary/aromatic N) is 2. The molecule has 1 N–H and O–H groups in total. The Bertz CT molecular complexity index is 1080. The lowest BCUT2D eigenvalue weighted by Gasteiger charge is -2.31. The molecule has 1 fully saturated rings. The molecule has 3 rings (SSSR count). The summed E-state index contributed by atoms with van der Waals surface area (Å²) in [5, 5.41) is 2.89. The predicted molar refractivity (Wildman–Crippen MR) is 115 cm³/mol. The number of thiazole rings is 1. The molecule has 11 heteroatoms. The van der Waals surface area contributed by atoms with E-state index in [4.69, 9.17) is 4.74 Å². The van der Waals surface area contributed by atoms with Gasteiger partial charge in [0.2, 0.25) is 0 Å². The van der Waals surface area contributed by atoms with Gasteiger partial charge < -0.3 is 9.64 Å². The topological polar surface area (TPSA) is 106 Å². The zero-order chi connectivity index (χ0) is 22.8. The summed E-state index contributed by atoms with van der Waals surface area (Å²) in [4.78, 5) is 31.1. The van der Waals surface area contributed by atoms with Crippen LogP contribution in [-0.2, 0) is 14.6 Å². The highest BCUT2D eigenvalue weighted by atomic mass is 32.2. The molecule has 1 aliphatic rings. The van der Waals surface area contributed by atoms with Crippen molar-refractivity contribution >= 4 is 38.3 Å². The van der Waals surface area contributed by atoms with E-state index in [1.165, 1.54) is 17.4 Å². The number of hydrogen-bond acceptors (Lipinski definition) is 7. The van der Waals surface area contributed by atoms with Gasteiger partial charge in [-0.25, -0.2) is 22.6 Å². The summed E-state index contributed by atoms with van der Waals surface area (Å²) in [6, 6.07) is 3.16. The van der Waals surface area contributed by atoms with Gasteiger partial charge >= 0.3 is 6.09 Å². The minimum atomic E-state index is -3.57. The third-order valence-electron chi connectivity index (χ3n) is 4.85. The number of piperidine rings is 1. The molecular formula is C20H24FN3O5S2. The van der Waals surface area contributed by atoms with Crippen molar-refractivity contribution in [3.05, 3.63) is 40.7 Å². The molecule has 8 nitrogen and oxygen atoms in total. The summed E-state index contributed by atoms with van der Waals surface area (Å²) in [6.45, 7) is 4.77. The molecule has 2 heterocycles. The molecule has 168 valence electrons. The van der Waals surface area contributed by atoms with Crippen molar-refractivity contribution in [1.29, 1.82) is 0 Å². The first-order valence-electron chi connectivity index (χ1n) is 9.77. The number of carbonyl (C=O) groups excluding carboxylic acids is 2. The van der Waals surface area contributed by atoms with E-state index in [9.17, 15) is 22.4 Å².